The first-order valence-electron chi connectivity index (χ1n) is 6.92. The Bertz CT molecular complexity index is 426. The van der Waals surface area contributed by atoms with Crippen molar-refractivity contribution in [3.05, 3.63) is 24.3 Å². The fourth-order valence-corrected chi connectivity index (χ4v) is 2.85. The van der Waals surface area contributed by atoms with Crippen molar-refractivity contribution in [1.82, 2.24) is 0 Å². The Balaban J connectivity index is 1.83. The van der Waals surface area contributed by atoms with Gasteiger partial charge in [-0.25, -0.2) is 0 Å². The van der Waals surface area contributed by atoms with E-state index in [-0.39, 0.29) is 5.54 Å². The van der Waals surface area contributed by atoms with Gasteiger partial charge in [0.05, 0.1) is 12.3 Å². The summed E-state index contributed by atoms with van der Waals surface area (Å²) in [5, 5.41) is 0. The van der Waals surface area contributed by atoms with Crippen LogP contribution >= 0.6 is 0 Å². The van der Waals surface area contributed by atoms with E-state index in [2.05, 4.69) is 30.0 Å². The Morgan fingerprint density at radius 3 is 2.94 bits per heavy atom. The number of ether oxygens (including phenoxy) is 1. The van der Waals surface area contributed by atoms with Crippen molar-refractivity contribution in [2.45, 2.75) is 31.7 Å². The average molecular weight is 246 g/mol. The highest BCUT2D eigenvalue weighted by atomic mass is 16.5. The third-order valence-electron chi connectivity index (χ3n) is 4.08. The zero-order chi connectivity index (χ0) is 12.6. The van der Waals surface area contributed by atoms with E-state index >= 15 is 0 Å². The molecule has 0 radical (unpaired) electrons. The van der Waals surface area contributed by atoms with Gasteiger partial charge in [-0.2, -0.15) is 0 Å². The van der Waals surface area contributed by atoms with E-state index in [1.54, 1.807) is 0 Å². The number of benzene rings is 1. The van der Waals surface area contributed by atoms with Gasteiger partial charge in [-0.3, -0.25) is 0 Å². The third kappa shape index (κ3) is 2.32. The maximum Gasteiger partial charge on any atom is 0.142 e. The van der Waals surface area contributed by atoms with Crippen molar-refractivity contribution in [3.63, 3.8) is 0 Å². The Labute approximate surface area is 109 Å². The van der Waals surface area contributed by atoms with Gasteiger partial charge in [-0.1, -0.05) is 12.1 Å². The molecular weight excluding hydrogens is 224 g/mol. The molecule has 0 aromatic heterocycles. The van der Waals surface area contributed by atoms with E-state index in [1.807, 2.05) is 6.07 Å². The number of fused-ring (bicyclic) bond motifs is 1. The van der Waals surface area contributed by atoms with Crippen LogP contribution in [-0.2, 0) is 0 Å². The van der Waals surface area contributed by atoms with Gasteiger partial charge in [0, 0.05) is 18.6 Å². The van der Waals surface area contributed by atoms with Crippen LogP contribution in [0.3, 0.4) is 0 Å². The summed E-state index contributed by atoms with van der Waals surface area (Å²) >= 11 is 0. The number of rotatable bonds is 3. The monoisotopic (exact) mass is 246 g/mol. The van der Waals surface area contributed by atoms with E-state index in [9.17, 15) is 0 Å². The quantitative estimate of drug-likeness (QED) is 0.890. The average Bonchev–Trinajstić information content (AvgIpc) is 3.16. The first-order valence-corrected chi connectivity index (χ1v) is 6.92. The first-order chi connectivity index (χ1) is 8.67. The number of anilines is 1. The van der Waals surface area contributed by atoms with Crippen LogP contribution in [0.1, 0.15) is 26.2 Å². The van der Waals surface area contributed by atoms with Gasteiger partial charge in [0.25, 0.3) is 0 Å². The summed E-state index contributed by atoms with van der Waals surface area (Å²) in [7, 11) is 0. The highest BCUT2D eigenvalue weighted by Gasteiger charge is 2.39. The third-order valence-corrected chi connectivity index (χ3v) is 4.08. The molecule has 98 valence electrons. The number of nitrogens with zero attached hydrogens (tertiary/aromatic N) is 1. The molecule has 3 nitrogen and oxygen atoms in total. The van der Waals surface area contributed by atoms with Gasteiger partial charge < -0.3 is 15.4 Å². The summed E-state index contributed by atoms with van der Waals surface area (Å²) < 4.78 is 5.79. The van der Waals surface area contributed by atoms with Crippen molar-refractivity contribution in [1.29, 1.82) is 0 Å². The summed E-state index contributed by atoms with van der Waals surface area (Å²) in [5.74, 6) is 1.70. The summed E-state index contributed by atoms with van der Waals surface area (Å²) in [6.07, 6.45) is 3.65. The molecular formula is C15H22N2O. The van der Waals surface area contributed by atoms with Crippen LogP contribution in [0.25, 0.3) is 0 Å². The number of para-hydroxylation sites is 2. The fraction of sp³-hybridized carbons (Fsp3) is 0.600. The summed E-state index contributed by atoms with van der Waals surface area (Å²) in [5.41, 5.74) is 7.61. The van der Waals surface area contributed by atoms with Crippen LogP contribution in [0.15, 0.2) is 24.3 Å². The first kappa shape index (κ1) is 11.8. The van der Waals surface area contributed by atoms with Crippen molar-refractivity contribution in [2.24, 2.45) is 11.7 Å². The van der Waals surface area contributed by atoms with Crippen LogP contribution in [0.2, 0.25) is 0 Å². The molecule has 1 aliphatic carbocycles. The molecule has 1 unspecified atom stereocenters. The van der Waals surface area contributed by atoms with Crippen molar-refractivity contribution in [3.8, 4) is 5.75 Å². The molecule has 1 aliphatic heterocycles. The Kier molecular flexibility index (Phi) is 2.94. The van der Waals surface area contributed by atoms with Crippen LogP contribution in [0, 0.1) is 5.92 Å². The molecule has 2 aliphatic rings. The molecule has 1 atom stereocenters. The topological polar surface area (TPSA) is 38.5 Å². The minimum Gasteiger partial charge on any atom is -0.491 e. The van der Waals surface area contributed by atoms with Gasteiger partial charge in [0.2, 0.25) is 0 Å². The summed E-state index contributed by atoms with van der Waals surface area (Å²) in [6.45, 7) is 4.96. The molecule has 18 heavy (non-hydrogen) atoms. The molecule has 3 heteroatoms. The molecule has 1 fully saturated rings. The molecule has 1 heterocycles. The SMILES string of the molecule is CC(N)(CN1CCCOc2ccccc21)C1CC1. The fourth-order valence-electron chi connectivity index (χ4n) is 2.85. The summed E-state index contributed by atoms with van der Waals surface area (Å²) in [4.78, 5) is 2.40. The van der Waals surface area contributed by atoms with Crippen molar-refractivity contribution < 1.29 is 4.74 Å². The lowest BCUT2D eigenvalue weighted by molar-refractivity contribution is 0.321. The van der Waals surface area contributed by atoms with Crippen molar-refractivity contribution in [2.75, 3.05) is 24.6 Å². The zero-order valence-corrected chi connectivity index (χ0v) is 11.1. The lowest BCUT2D eigenvalue weighted by Crippen LogP contribution is -2.50. The number of nitrogens with two attached hydrogens (primary N) is 1. The standard InChI is InChI=1S/C15H22N2O/c1-15(16,12-7-8-12)11-17-9-4-10-18-14-6-3-2-5-13(14)17/h2-3,5-6,12H,4,7-11,16H2,1H3. The highest BCUT2D eigenvalue weighted by molar-refractivity contribution is 5.59. The second-order valence-corrected chi connectivity index (χ2v) is 5.87. The van der Waals surface area contributed by atoms with E-state index in [0.29, 0.717) is 5.92 Å². The minimum absolute atomic E-state index is 0.0720. The highest BCUT2D eigenvalue weighted by Crippen LogP contribution is 2.40. The molecule has 0 spiro atoms. The predicted octanol–water partition coefficient (Wildman–Crippen LogP) is 2.40. The van der Waals surface area contributed by atoms with Gasteiger partial charge in [-0.05, 0) is 44.2 Å². The second-order valence-electron chi connectivity index (χ2n) is 5.87. The Hall–Kier alpha value is -1.22. The smallest absolute Gasteiger partial charge is 0.142 e. The maximum absolute atomic E-state index is 6.48. The molecule has 1 aromatic carbocycles. The van der Waals surface area contributed by atoms with E-state index in [1.165, 1.54) is 18.5 Å². The lowest BCUT2D eigenvalue weighted by Gasteiger charge is -2.33. The van der Waals surface area contributed by atoms with E-state index < -0.39 is 0 Å². The van der Waals surface area contributed by atoms with Gasteiger partial charge >= 0.3 is 0 Å². The lowest BCUT2D eigenvalue weighted by atomic mass is 9.96. The van der Waals surface area contributed by atoms with Gasteiger partial charge in [0.15, 0.2) is 0 Å². The van der Waals surface area contributed by atoms with E-state index in [4.69, 9.17) is 10.5 Å². The van der Waals surface area contributed by atoms with Crippen LogP contribution in [0.4, 0.5) is 5.69 Å². The largest absolute Gasteiger partial charge is 0.491 e. The van der Waals surface area contributed by atoms with Crippen LogP contribution < -0.4 is 15.4 Å². The summed E-state index contributed by atoms with van der Waals surface area (Å²) in [6, 6.07) is 8.30. The van der Waals surface area contributed by atoms with Gasteiger partial charge in [0.1, 0.15) is 5.75 Å². The number of hydrogen-bond donors (Lipinski definition) is 1. The predicted molar refractivity (Wildman–Crippen MR) is 74.1 cm³/mol. The maximum atomic E-state index is 6.48. The molecule has 0 bridgehead atoms. The van der Waals surface area contributed by atoms with Crippen molar-refractivity contribution >= 4 is 5.69 Å². The molecule has 1 saturated carbocycles. The zero-order valence-electron chi connectivity index (χ0n) is 11.1. The minimum atomic E-state index is -0.0720. The molecule has 0 saturated heterocycles. The normalized spacial score (nSPS) is 22.7. The van der Waals surface area contributed by atoms with Gasteiger partial charge in [-0.15, -0.1) is 0 Å². The molecule has 1 aromatic rings. The Morgan fingerprint density at radius 2 is 2.17 bits per heavy atom. The molecule has 3 rings (SSSR count). The molecule has 0 amide bonds. The van der Waals surface area contributed by atoms with Crippen LogP contribution in [-0.4, -0.2) is 25.2 Å². The second kappa shape index (κ2) is 4.47. The van der Waals surface area contributed by atoms with Crippen LogP contribution in [0.5, 0.6) is 5.75 Å². The Morgan fingerprint density at radius 1 is 1.39 bits per heavy atom. The molecule has 2 N–H and O–H groups in total. The van der Waals surface area contributed by atoms with E-state index in [0.717, 1.165) is 31.9 Å². The number of hydrogen-bond acceptors (Lipinski definition) is 3.